The lowest BCUT2D eigenvalue weighted by Gasteiger charge is -2.21. The van der Waals surface area contributed by atoms with Crippen molar-refractivity contribution in [2.24, 2.45) is 4.99 Å². The summed E-state index contributed by atoms with van der Waals surface area (Å²) in [6, 6.07) is 13.7. The van der Waals surface area contributed by atoms with E-state index in [0.717, 1.165) is 24.0 Å². The van der Waals surface area contributed by atoms with Crippen LogP contribution in [0.5, 0.6) is 0 Å². The standard InChI is InChI=1S/C23H31FN4O2S.HI/c1-17(2)28(4)31(29,30)19-11-9-18(10-12-19)15-26-22(25-3)27-16-23(13-14-23)20-7-5-6-8-21(20)24;/h5-12,17H,13-16H2,1-4H3,(H2,25,26,27);1H. The number of benzene rings is 2. The molecule has 0 amide bonds. The molecule has 32 heavy (non-hydrogen) atoms. The van der Waals surface area contributed by atoms with Crippen molar-refractivity contribution in [2.45, 2.75) is 49.6 Å². The molecule has 1 aliphatic carbocycles. The molecular weight excluding hydrogens is 542 g/mol. The fourth-order valence-corrected chi connectivity index (χ4v) is 4.83. The van der Waals surface area contributed by atoms with E-state index in [0.29, 0.717) is 19.0 Å². The Kier molecular flexibility index (Phi) is 9.06. The zero-order chi connectivity index (χ0) is 22.6. The zero-order valence-electron chi connectivity index (χ0n) is 18.9. The Hall–Kier alpha value is -1.72. The van der Waals surface area contributed by atoms with E-state index in [2.05, 4.69) is 15.6 Å². The molecule has 176 valence electrons. The van der Waals surface area contributed by atoms with Gasteiger partial charge in [0.2, 0.25) is 10.0 Å². The van der Waals surface area contributed by atoms with Crippen molar-refractivity contribution in [1.29, 1.82) is 0 Å². The minimum atomic E-state index is -3.49. The third-order valence-corrected chi connectivity index (χ3v) is 7.95. The Balaban J connectivity index is 0.00000363. The summed E-state index contributed by atoms with van der Waals surface area (Å²) in [5.41, 5.74) is 1.51. The summed E-state index contributed by atoms with van der Waals surface area (Å²) < 4.78 is 40.7. The van der Waals surface area contributed by atoms with E-state index in [-0.39, 0.29) is 46.1 Å². The summed E-state index contributed by atoms with van der Waals surface area (Å²) in [5.74, 6) is 0.460. The molecule has 0 unspecified atom stereocenters. The number of guanidine groups is 1. The van der Waals surface area contributed by atoms with Gasteiger partial charge in [0.15, 0.2) is 5.96 Å². The molecule has 0 spiro atoms. The highest BCUT2D eigenvalue weighted by Gasteiger charge is 2.45. The van der Waals surface area contributed by atoms with E-state index in [1.54, 1.807) is 44.4 Å². The van der Waals surface area contributed by atoms with Crippen LogP contribution >= 0.6 is 24.0 Å². The molecular formula is C23H32FIN4O2S. The molecule has 1 aliphatic rings. The zero-order valence-corrected chi connectivity index (χ0v) is 22.1. The predicted molar refractivity (Wildman–Crippen MR) is 137 cm³/mol. The second-order valence-electron chi connectivity index (χ2n) is 8.30. The number of hydrogen-bond donors (Lipinski definition) is 2. The van der Waals surface area contributed by atoms with Gasteiger partial charge in [-0.05, 0) is 56.0 Å². The molecule has 0 bridgehead atoms. The maximum absolute atomic E-state index is 14.2. The van der Waals surface area contributed by atoms with Gasteiger partial charge in [0, 0.05) is 38.6 Å². The minimum Gasteiger partial charge on any atom is -0.356 e. The van der Waals surface area contributed by atoms with Crippen molar-refractivity contribution in [3.63, 3.8) is 0 Å². The lowest BCUT2D eigenvalue weighted by Crippen LogP contribution is -2.41. The van der Waals surface area contributed by atoms with Crippen molar-refractivity contribution >= 4 is 40.0 Å². The van der Waals surface area contributed by atoms with Crippen molar-refractivity contribution in [3.05, 3.63) is 65.5 Å². The quantitative estimate of drug-likeness (QED) is 0.285. The van der Waals surface area contributed by atoms with Crippen LogP contribution in [0, 0.1) is 5.82 Å². The monoisotopic (exact) mass is 574 g/mol. The summed E-state index contributed by atoms with van der Waals surface area (Å²) in [6.45, 7) is 4.78. The molecule has 3 rings (SSSR count). The fraction of sp³-hybridized carbons (Fsp3) is 0.435. The van der Waals surface area contributed by atoms with Crippen LogP contribution in [0.15, 0.2) is 58.4 Å². The van der Waals surface area contributed by atoms with E-state index in [4.69, 9.17) is 0 Å². The van der Waals surface area contributed by atoms with Gasteiger partial charge in [0.05, 0.1) is 4.90 Å². The Morgan fingerprint density at radius 2 is 1.75 bits per heavy atom. The van der Waals surface area contributed by atoms with Crippen LogP contribution in [0.3, 0.4) is 0 Å². The molecule has 2 N–H and O–H groups in total. The number of nitrogens with one attached hydrogen (secondary N) is 2. The number of hydrogen-bond acceptors (Lipinski definition) is 3. The van der Waals surface area contributed by atoms with Crippen LogP contribution in [-0.4, -0.2) is 45.4 Å². The summed E-state index contributed by atoms with van der Waals surface area (Å²) in [7, 11) is -0.220. The Bertz CT molecular complexity index is 1040. The molecule has 2 aromatic rings. The normalized spacial score (nSPS) is 15.4. The third kappa shape index (κ3) is 5.99. The number of aliphatic imine (C=N–C) groups is 1. The summed E-state index contributed by atoms with van der Waals surface area (Å²) in [5, 5.41) is 6.54. The number of halogens is 2. The molecule has 1 fully saturated rings. The van der Waals surface area contributed by atoms with Crippen molar-refractivity contribution < 1.29 is 12.8 Å². The molecule has 0 aliphatic heterocycles. The maximum atomic E-state index is 14.2. The van der Waals surface area contributed by atoms with Crippen molar-refractivity contribution in [3.8, 4) is 0 Å². The number of rotatable bonds is 8. The first-order valence-electron chi connectivity index (χ1n) is 10.5. The molecule has 0 saturated heterocycles. The molecule has 0 aromatic heterocycles. The van der Waals surface area contributed by atoms with Crippen LogP contribution < -0.4 is 10.6 Å². The van der Waals surface area contributed by atoms with Gasteiger partial charge in [-0.3, -0.25) is 4.99 Å². The third-order valence-electron chi connectivity index (χ3n) is 5.90. The fourth-order valence-electron chi connectivity index (χ4n) is 3.47. The van der Waals surface area contributed by atoms with E-state index in [1.165, 1.54) is 10.4 Å². The van der Waals surface area contributed by atoms with Gasteiger partial charge in [0.25, 0.3) is 0 Å². The first-order chi connectivity index (χ1) is 14.7. The highest BCUT2D eigenvalue weighted by atomic mass is 127. The number of sulfonamides is 1. The topological polar surface area (TPSA) is 73.8 Å². The summed E-state index contributed by atoms with van der Waals surface area (Å²) in [4.78, 5) is 4.52. The average Bonchev–Trinajstić information content (AvgIpc) is 3.54. The lowest BCUT2D eigenvalue weighted by molar-refractivity contribution is 0.410. The van der Waals surface area contributed by atoms with E-state index < -0.39 is 10.0 Å². The van der Waals surface area contributed by atoms with Gasteiger partial charge >= 0.3 is 0 Å². The molecule has 0 radical (unpaired) electrons. The van der Waals surface area contributed by atoms with Crippen LogP contribution in [-0.2, 0) is 22.0 Å². The van der Waals surface area contributed by atoms with Crippen molar-refractivity contribution in [1.82, 2.24) is 14.9 Å². The maximum Gasteiger partial charge on any atom is 0.243 e. The Labute approximate surface area is 207 Å². The van der Waals surface area contributed by atoms with E-state index in [9.17, 15) is 12.8 Å². The van der Waals surface area contributed by atoms with Crippen LogP contribution in [0.2, 0.25) is 0 Å². The first-order valence-corrected chi connectivity index (χ1v) is 11.9. The second kappa shape index (κ2) is 10.9. The molecule has 0 atom stereocenters. The lowest BCUT2D eigenvalue weighted by atomic mass is 9.95. The van der Waals surface area contributed by atoms with Crippen LogP contribution in [0.4, 0.5) is 4.39 Å². The van der Waals surface area contributed by atoms with Gasteiger partial charge in [-0.15, -0.1) is 24.0 Å². The smallest absolute Gasteiger partial charge is 0.243 e. The molecule has 2 aromatic carbocycles. The summed E-state index contributed by atoms with van der Waals surface area (Å²) in [6.07, 6.45) is 1.89. The largest absolute Gasteiger partial charge is 0.356 e. The SMILES string of the molecule is CN=C(NCc1ccc(S(=O)(=O)N(C)C(C)C)cc1)NCC1(c2ccccc2F)CC1.I. The van der Waals surface area contributed by atoms with E-state index in [1.807, 2.05) is 26.0 Å². The number of nitrogens with zero attached hydrogens (tertiary/aromatic N) is 2. The minimum absolute atomic E-state index is 0. The predicted octanol–water partition coefficient (Wildman–Crippen LogP) is 3.87. The highest BCUT2D eigenvalue weighted by Crippen LogP contribution is 2.48. The van der Waals surface area contributed by atoms with Gasteiger partial charge in [0.1, 0.15) is 5.82 Å². The molecule has 9 heteroatoms. The van der Waals surface area contributed by atoms with Crippen LogP contribution in [0.25, 0.3) is 0 Å². The second-order valence-corrected chi connectivity index (χ2v) is 10.3. The highest BCUT2D eigenvalue weighted by molar-refractivity contribution is 14.0. The van der Waals surface area contributed by atoms with Gasteiger partial charge in [-0.2, -0.15) is 4.31 Å². The van der Waals surface area contributed by atoms with Crippen LogP contribution in [0.1, 0.15) is 37.8 Å². The summed E-state index contributed by atoms with van der Waals surface area (Å²) >= 11 is 0. The molecule has 0 heterocycles. The Morgan fingerprint density at radius 1 is 1.12 bits per heavy atom. The average molecular weight is 575 g/mol. The van der Waals surface area contributed by atoms with Gasteiger partial charge < -0.3 is 10.6 Å². The molecule has 6 nitrogen and oxygen atoms in total. The van der Waals surface area contributed by atoms with Gasteiger partial charge in [-0.25, -0.2) is 12.8 Å². The molecule has 1 saturated carbocycles. The van der Waals surface area contributed by atoms with Gasteiger partial charge in [-0.1, -0.05) is 30.3 Å². The van der Waals surface area contributed by atoms with E-state index >= 15 is 0 Å². The first kappa shape index (κ1) is 26.5. The van der Waals surface area contributed by atoms with Crippen molar-refractivity contribution in [2.75, 3.05) is 20.6 Å². The Morgan fingerprint density at radius 3 is 2.28 bits per heavy atom.